The third kappa shape index (κ3) is 3.11. The van der Waals surface area contributed by atoms with Crippen LogP contribution in [0.25, 0.3) is 5.57 Å². The van der Waals surface area contributed by atoms with Crippen LogP contribution in [0.1, 0.15) is 83.6 Å². The Morgan fingerprint density at radius 2 is 1.97 bits per heavy atom. The Balaban J connectivity index is 1.36. The molecule has 30 heavy (non-hydrogen) atoms. The number of nitrogens with zero attached hydrogens (tertiary/aromatic N) is 1. The molecule has 164 valence electrons. The summed E-state index contributed by atoms with van der Waals surface area (Å²) in [7, 11) is 0. The molecule has 0 bridgehead atoms. The smallest absolute Gasteiger partial charge is 0.0651 e. The van der Waals surface area contributed by atoms with Gasteiger partial charge in [-0.3, -0.25) is 4.98 Å². The van der Waals surface area contributed by atoms with E-state index in [1.165, 1.54) is 37.7 Å². The third-order valence-electron chi connectivity index (χ3n) is 10.2. The van der Waals surface area contributed by atoms with Crippen LogP contribution in [-0.2, 0) is 0 Å². The van der Waals surface area contributed by atoms with Gasteiger partial charge in [-0.15, -0.1) is 0 Å². The molecule has 1 aromatic heterocycles. The molecule has 0 amide bonds. The maximum absolute atomic E-state index is 11.2. The average molecular weight is 410 g/mol. The molecule has 0 radical (unpaired) electrons. The fraction of sp³-hybridized carbons (Fsp3) is 0.741. The second-order valence-electron chi connectivity index (χ2n) is 11.5. The number of hydrogen-bond acceptors (Lipinski definition) is 3. The topological polar surface area (TPSA) is 53.4 Å². The van der Waals surface area contributed by atoms with Crippen molar-refractivity contribution in [2.24, 2.45) is 34.5 Å². The van der Waals surface area contributed by atoms with E-state index in [0.717, 1.165) is 49.9 Å². The first-order valence-electron chi connectivity index (χ1n) is 12.3. The molecule has 1 heterocycles. The summed E-state index contributed by atoms with van der Waals surface area (Å²) in [5, 5.41) is 20.4. The van der Waals surface area contributed by atoms with E-state index in [4.69, 9.17) is 0 Å². The molecule has 4 aliphatic carbocycles. The van der Waals surface area contributed by atoms with Crippen LogP contribution in [0.15, 0.2) is 30.6 Å². The molecular formula is C27H39NO2. The summed E-state index contributed by atoms with van der Waals surface area (Å²) in [6.07, 6.45) is 17.4. The molecule has 0 spiro atoms. The Morgan fingerprint density at radius 1 is 1.10 bits per heavy atom. The molecule has 1 aromatic rings. The summed E-state index contributed by atoms with van der Waals surface area (Å²) in [5.41, 5.74) is 3.02. The summed E-state index contributed by atoms with van der Waals surface area (Å²) >= 11 is 0. The van der Waals surface area contributed by atoms with Gasteiger partial charge in [0.2, 0.25) is 0 Å². The van der Waals surface area contributed by atoms with Crippen molar-refractivity contribution in [1.29, 1.82) is 0 Å². The minimum absolute atomic E-state index is 0.196. The molecule has 3 fully saturated rings. The highest BCUT2D eigenvalue weighted by Crippen LogP contribution is 2.68. The number of allylic oxidation sites excluding steroid dienone is 2. The summed E-state index contributed by atoms with van der Waals surface area (Å²) in [5.74, 6) is 3.03. The second kappa shape index (κ2) is 7.45. The monoisotopic (exact) mass is 409 g/mol. The van der Waals surface area contributed by atoms with E-state index in [1.807, 2.05) is 6.20 Å². The molecule has 4 aliphatic rings. The van der Waals surface area contributed by atoms with E-state index in [2.05, 4.69) is 43.2 Å². The maximum Gasteiger partial charge on any atom is 0.0651 e. The zero-order valence-electron chi connectivity index (χ0n) is 18.8. The first-order valence-corrected chi connectivity index (χ1v) is 12.3. The van der Waals surface area contributed by atoms with Gasteiger partial charge in [0.1, 0.15) is 0 Å². The first-order chi connectivity index (χ1) is 14.4. The predicted molar refractivity (Wildman–Crippen MR) is 121 cm³/mol. The van der Waals surface area contributed by atoms with Crippen LogP contribution in [0.2, 0.25) is 0 Å². The van der Waals surface area contributed by atoms with Crippen molar-refractivity contribution in [2.75, 3.05) is 6.61 Å². The van der Waals surface area contributed by atoms with Crippen LogP contribution in [0, 0.1) is 34.5 Å². The Bertz CT molecular complexity index is 806. The maximum atomic E-state index is 11.2. The van der Waals surface area contributed by atoms with Crippen LogP contribution in [0.4, 0.5) is 0 Å². The average Bonchev–Trinajstić information content (AvgIpc) is 3.11. The summed E-state index contributed by atoms with van der Waals surface area (Å²) in [4.78, 5) is 4.40. The number of rotatable bonds is 4. The molecule has 2 N–H and O–H groups in total. The molecule has 0 saturated heterocycles. The van der Waals surface area contributed by atoms with Crippen molar-refractivity contribution >= 4 is 5.57 Å². The van der Waals surface area contributed by atoms with Gasteiger partial charge in [0.05, 0.1) is 5.60 Å². The van der Waals surface area contributed by atoms with Gasteiger partial charge in [-0.05, 0) is 116 Å². The largest absolute Gasteiger partial charge is 0.396 e. The Morgan fingerprint density at radius 3 is 2.73 bits per heavy atom. The Kier molecular flexibility index (Phi) is 5.14. The first kappa shape index (κ1) is 20.7. The molecule has 3 heteroatoms. The van der Waals surface area contributed by atoms with Gasteiger partial charge in [-0.25, -0.2) is 0 Å². The normalized spacial score (nSPS) is 45.3. The van der Waals surface area contributed by atoms with E-state index in [9.17, 15) is 10.2 Å². The number of hydrogen-bond donors (Lipinski definition) is 2. The van der Waals surface area contributed by atoms with Crippen LogP contribution >= 0.6 is 0 Å². The highest BCUT2D eigenvalue weighted by atomic mass is 16.3. The highest BCUT2D eigenvalue weighted by Gasteiger charge is 2.59. The van der Waals surface area contributed by atoms with Gasteiger partial charge < -0.3 is 10.2 Å². The Hall–Kier alpha value is -1.19. The van der Waals surface area contributed by atoms with E-state index in [1.54, 1.807) is 5.57 Å². The van der Waals surface area contributed by atoms with E-state index in [0.29, 0.717) is 16.7 Å². The lowest BCUT2D eigenvalue weighted by Crippen LogP contribution is -2.55. The van der Waals surface area contributed by atoms with E-state index < -0.39 is 5.60 Å². The molecule has 5 unspecified atom stereocenters. The number of aliphatic hydroxyl groups excluding tert-OH is 1. The van der Waals surface area contributed by atoms with Gasteiger partial charge in [-0.1, -0.05) is 26.0 Å². The van der Waals surface area contributed by atoms with E-state index in [-0.39, 0.29) is 6.61 Å². The van der Waals surface area contributed by atoms with Crippen molar-refractivity contribution in [2.45, 2.75) is 83.7 Å². The standard InChI is InChI=1S/C27H39NO2/c1-25-13-14-27(30,11-4-16-29)17-20(25)6-7-21-23-9-8-22(19-5-3-15-28-18-19)26(23,2)12-10-24(21)25/h3,5,8,15,18,20-21,23-24,29-30H,4,6-7,9-14,16-17H2,1-2H3/t20?,21?,23?,24?,25-,26+,27?/m0/s1. The van der Waals surface area contributed by atoms with Crippen molar-refractivity contribution < 1.29 is 10.2 Å². The summed E-state index contributed by atoms with van der Waals surface area (Å²) in [6.45, 7) is 5.29. The van der Waals surface area contributed by atoms with Gasteiger partial charge >= 0.3 is 0 Å². The summed E-state index contributed by atoms with van der Waals surface area (Å²) < 4.78 is 0. The van der Waals surface area contributed by atoms with Crippen LogP contribution in [0.3, 0.4) is 0 Å². The third-order valence-corrected chi connectivity index (χ3v) is 10.2. The van der Waals surface area contributed by atoms with Gasteiger partial charge in [0.15, 0.2) is 0 Å². The molecule has 3 saturated carbocycles. The molecule has 0 aliphatic heterocycles. The lowest BCUT2D eigenvalue weighted by Gasteiger charge is -2.62. The Labute approximate surface area is 182 Å². The van der Waals surface area contributed by atoms with Gasteiger partial charge in [0, 0.05) is 19.0 Å². The molecule has 7 atom stereocenters. The minimum Gasteiger partial charge on any atom is -0.396 e. The van der Waals surface area contributed by atoms with Crippen molar-refractivity contribution in [3.05, 3.63) is 36.2 Å². The number of pyridine rings is 1. The van der Waals surface area contributed by atoms with Crippen molar-refractivity contribution in [3.8, 4) is 0 Å². The highest BCUT2D eigenvalue weighted by molar-refractivity contribution is 5.72. The molecule has 3 nitrogen and oxygen atoms in total. The van der Waals surface area contributed by atoms with Crippen LogP contribution < -0.4 is 0 Å². The van der Waals surface area contributed by atoms with Crippen LogP contribution in [-0.4, -0.2) is 27.4 Å². The van der Waals surface area contributed by atoms with Crippen molar-refractivity contribution in [1.82, 2.24) is 4.98 Å². The number of aliphatic hydroxyl groups is 2. The van der Waals surface area contributed by atoms with Crippen molar-refractivity contribution in [3.63, 3.8) is 0 Å². The van der Waals surface area contributed by atoms with E-state index >= 15 is 0 Å². The van der Waals surface area contributed by atoms with Gasteiger partial charge in [-0.2, -0.15) is 0 Å². The molecule has 5 rings (SSSR count). The molecule has 0 aromatic carbocycles. The quantitative estimate of drug-likeness (QED) is 0.678. The number of aromatic nitrogens is 1. The zero-order chi connectivity index (χ0) is 21.0. The fourth-order valence-electron chi connectivity index (χ4n) is 8.49. The second-order valence-corrected chi connectivity index (χ2v) is 11.5. The van der Waals surface area contributed by atoms with Crippen LogP contribution in [0.5, 0.6) is 0 Å². The SMILES string of the molecule is C[C@]12CCC(O)(CCCO)CC1CCC1C2CC[C@]2(C)C(c3cccnc3)=CCC12. The van der Waals surface area contributed by atoms with Gasteiger partial charge in [0.25, 0.3) is 0 Å². The fourth-order valence-corrected chi connectivity index (χ4v) is 8.49. The lowest BCUT2D eigenvalue weighted by molar-refractivity contribution is -0.145. The predicted octanol–water partition coefficient (Wildman–Crippen LogP) is 5.62. The lowest BCUT2D eigenvalue weighted by atomic mass is 9.43. The summed E-state index contributed by atoms with van der Waals surface area (Å²) in [6, 6.07) is 4.32. The minimum atomic E-state index is -0.536. The number of fused-ring (bicyclic) bond motifs is 5. The molecular weight excluding hydrogens is 370 g/mol. The zero-order valence-corrected chi connectivity index (χ0v) is 18.8.